The third-order valence-electron chi connectivity index (χ3n) is 3.18. The molecule has 6 heteroatoms. The van der Waals surface area contributed by atoms with Crippen LogP contribution < -0.4 is 5.32 Å². The number of benzene rings is 1. The predicted octanol–water partition coefficient (Wildman–Crippen LogP) is 0.904. The van der Waals surface area contributed by atoms with E-state index >= 15 is 0 Å². The number of hydrogen-bond donors (Lipinski definition) is 2. The normalized spacial score (nSPS) is 11.6. The molecule has 0 aliphatic carbocycles. The van der Waals surface area contributed by atoms with Gasteiger partial charge in [0.2, 0.25) is 5.91 Å². The van der Waals surface area contributed by atoms with Crippen LogP contribution in [0.1, 0.15) is 22.8 Å². The number of carbonyl (C=O) groups excluding carboxylic acids is 2. The number of aryl methyl sites for hydroxylation is 1. The van der Waals surface area contributed by atoms with E-state index in [9.17, 15) is 14.4 Å². The average molecular weight is 292 g/mol. The zero-order chi connectivity index (χ0) is 16.0. The van der Waals surface area contributed by atoms with Crippen LogP contribution in [0, 0.1) is 12.8 Å². The van der Waals surface area contributed by atoms with Gasteiger partial charge in [0.1, 0.15) is 0 Å². The Hall–Kier alpha value is -2.37. The number of nitrogens with zero attached hydrogens (tertiary/aromatic N) is 1. The molecule has 1 aromatic carbocycles. The van der Waals surface area contributed by atoms with Crippen LogP contribution in [0.25, 0.3) is 0 Å². The van der Waals surface area contributed by atoms with Gasteiger partial charge in [-0.3, -0.25) is 14.4 Å². The Morgan fingerprint density at radius 2 is 1.90 bits per heavy atom. The van der Waals surface area contributed by atoms with Gasteiger partial charge in [-0.2, -0.15) is 0 Å². The van der Waals surface area contributed by atoms with Gasteiger partial charge in [0, 0.05) is 19.2 Å². The summed E-state index contributed by atoms with van der Waals surface area (Å²) in [4.78, 5) is 35.8. The molecule has 0 saturated carbocycles. The summed E-state index contributed by atoms with van der Waals surface area (Å²) in [5.74, 6) is -2.25. The number of hydrogen-bond acceptors (Lipinski definition) is 3. The molecule has 1 aromatic rings. The molecule has 114 valence electrons. The fourth-order valence-electron chi connectivity index (χ4n) is 1.80. The first kappa shape index (κ1) is 16.7. The van der Waals surface area contributed by atoms with Crippen LogP contribution in [0.3, 0.4) is 0 Å². The zero-order valence-corrected chi connectivity index (χ0v) is 12.4. The van der Waals surface area contributed by atoms with E-state index < -0.39 is 11.9 Å². The highest BCUT2D eigenvalue weighted by Crippen LogP contribution is 2.06. The summed E-state index contributed by atoms with van der Waals surface area (Å²) in [5, 5.41) is 11.3. The average Bonchev–Trinajstić information content (AvgIpc) is 2.44. The highest BCUT2D eigenvalue weighted by atomic mass is 16.4. The number of carbonyl (C=O) groups is 3. The summed E-state index contributed by atoms with van der Waals surface area (Å²) in [7, 11) is 1.52. The summed E-state index contributed by atoms with van der Waals surface area (Å²) in [6.45, 7) is 3.29. The van der Waals surface area contributed by atoms with Crippen LogP contribution in [0.4, 0.5) is 0 Å². The summed E-state index contributed by atoms with van der Waals surface area (Å²) in [6.07, 6.45) is 0. The molecule has 0 aromatic heterocycles. The standard InChI is InChI=1S/C15H20N2O4/c1-10-6-4-5-7-12(10)14(19)16-8-13(18)17(3)9-11(2)15(20)21/h4-7,11H,8-9H2,1-3H3,(H,16,19)(H,20,21). The molecular formula is C15H20N2O4. The number of carboxylic acids is 1. The number of carboxylic acid groups (broad SMARTS) is 1. The first-order valence-corrected chi connectivity index (χ1v) is 6.63. The van der Waals surface area contributed by atoms with Gasteiger partial charge in [-0.25, -0.2) is 0 Å². The topological polar surface area (TPSA) is 86.7 Å². The van der Waals surface area contributed by atoms with Crippen LogP contribution in [0.5, 0.6) is 0 Å². The summed E-state index contributed by atoms with van der Waals surface area (Å²) in [5.41, 5.74) is 1.35. The van der Waals surface area contributed by atoms with E-state index in [1.807, 2.05) is 19.1 Å². The maximum Gasteiger partial charge on any atom is 0.308 e. The molecule has 0 bridgehead atoms. The number of nitrogens with one attached hydrogen (secondary N) is 1. The molecule has 6 nitrogen and oxygen atoms in total. The maximum atomic E-state index is 11.9. The van der Waals surface area contributed by atoms with E-state index in [4.69, 9.17) is 5.11 Å². The third-order valence-corrected chi connectivity index (χ3v) is 3.18. The second-order valence-corrected chi connectivity index (χ2v) is 5.01. The van der Waals surface area contributed by atoms with Crippen LogP contribution in [-0.2, 0) is 9.59 Å². The number of likely N-dealkylation sites (N-methyl/N-ethyl adjacent to an activating group) is 1. The van der Waals surface area contributed by atoms with Crippen molar-refractivity contribution in [3.8, 4) is 0 Å². The molecule has 1 rings (SSSR count). The van der Waals surface area contributed by atoms with Crippen molar-refractivity contribution >= 4 is 17.8 Å². The monoisotopic (exact) mass is 292 g/mol. The van der Waals surface area contributed by atoms with Gasteiger partial charge < -0.3 is 15.3 Å². The van der Waals surface area contributed by atoms with Crippen molar-refractivity contribution in [3.05, 3.63) is 35.4 Å². The van der Waals surface area contributed by atoms with Crippen LogP contribution in [0.2, 0.25) is 0 Å². The minimum absolute atomic E-state index is 0.106. The van der Waals surface area contributed by atoms with Gasteiger partial charge >= 0.3 is 5.97 Å². The Morgan fingerprint density at radius 3 is 2.48 bits per heavy atom. The Morgan fingerprint density at radius 1 is 1.29 bits per heavy atom. The second-order valence-electron chi connectivity index (χ2n) is 5.01. The van der Waals surface area contributed by atoms with Crippen molar-refractivity contribution in [2.45, 2.75) is 13.8 Å². The van der Waals surface area contributed by atoms with Gasteiger partial charge in [0.15, 0.2) is 0 Å². The molecule has 2 N–H and O–H groups in total. The molecule has 1 atom stereocenters. The highest BCUT2D eigenvalue weighted by Gasteiger charge is 2.18. The number of rotatable bonds is 6. The molecule has 0 fully saturated rings. The zero-order valence-electron chi connectivity index (χ0n) is 12.4. The van der Waals surface area contributed by atoms with Gasteiger partial charge in [0.25, 0.3) is 5.91 Å². The molecule has 0 heterocycles. The summed E-state index contributed by atoms with van der Waals surface area (Å²) in [6, 6.07) is 7.09. The number of aliphatic carboxylic acids is 1. The van der Waals surface area contributed by atoms with Crippen molar-refractivity contribution in [1.82, 2.24) is 10.2 Å². The van der Waals surface area contributed by atoms with Crippen molar-refractivity contribution < 1.29 is 19.5 Å². The van der Waals surface area contributed by atoms with Crippen LogP contribution in [-0.4, -0.2) is 47.9 Å². The Kier molecular flexibility index (Phi) is 5.90. The van der Waals surface area contributed by atoms with E-state index in [1.165, 1.54) is 18.9 Å². The summed E-state index contributed by atoms with van der Waals surface area (Å²) < 4.78 is 0. The lowest BCUT2D eigenvalue weighted by atomic mass is 10.1. The fraction of sp³-hybridized carbons (Fsp3) is 0.400. The van der Waals surface area contributed by atoms with E-state index in [2.05, 4.69) is 5.32 Å². The minimum Gasteiger partial charge on any atom is -0.481 e. The minimum atomic E-state index is -0.960. The van der Waals surface area contributed by atoms with E-state index in [0.717, 1.165) is 5.56 Å². The van der Waals surface area contributed by atoms with Gasteiger partial charge in [-0.15, -0.1) is 0 Å². The molecule has 0 aliphatic heterocycles. The molecule has 0 saturated heterocycles. The predicted molar refractivity (Wildman–Crippen MR) is 77.9 cm³/mol. The third kappa shape index (κ3) is 4.91. The molecule has 0 radical (unpaired) electrons. The van der Waals surface area contributed by atoms with E-state index in [-0.39, 0.29) is 24.9 Å². The first-order chi connectivity index (χ1) is 9.82. The Balaban J connectivity index is 2.51. The lowest BCUT2D eigenvalue weighted by Crippen LogP contribution is -2.41. The molecular weight excluding hydrogens is 272 g/mol. The molecule has 2 amide bonds. The lowest BCUT2D eigenvalue weighted by Gasteiger charge is -2.19. The van der Waals surface area contributed by atoms with Gasteiger partial charge in [-0.05, 0) is 18.6 Å². The molecule has 21 heavy (non-hydrogen) atoms. The van der Waals surface area contributed by atoms with E-state index in [0.29, 0.717) is 5.56 Å². The first-order valence-electron chi connectivity index (χ1n) is 6.63. The molecule has 0 aliphatic rings. The molecule has 0 spiro atoms. The number of amides is 2. The SMILES string of the molecule is Cc1ccccc1C(=O)NCC(=O)N(C)CC(C)C(=O)O. The van der Waals surface area contributed by atoms with Crippen molar-refractivity contribution in [2.24, 2.45) is 5.92 Å². The second kappa shape index (κ2) is 7.42. The Bertz CT molecular complexity index is 542. The van der Waals surface area contributed by atoms with Crippen molar-refractivity contribution in [2.75, 3.05) is 20.1 Å². The Labute approximate surface area is 123 Å². The molecule has 1 unspecified atom stereocenters. The van der Waals surface area contributed by atoms with Gasteiger partial charge in [-0.1, -0.05) is 25.1 Å². The summed E-state index contributed by atoms with van der Waals surface area (Å²) >= 11 is 0. The highest BCUT2D eigenvalue weighted by molar-refractivity contribution is 5.97. The maximum absolute atomic E-state index is 11.9. The van der Waals surface area contributed by atoms with Crippen LogP contribution >= 0.6 is 0 Å². The van der Waals surface area contributed by atoms with E-state index in [1.54, 1.807) is 12.1 Å². The smallest absolute Gasteiger partial charge is 0.308 e. The fourth-order valence-corrected chi connectivity index (χ4v) is 1.80. The largest absolute Gasteiger partial charge is 0.481 e. The van der Waals surface area contributed by atoms with Crippen molar-refractivity contribution in [3.63, 3.8) is 0 Å². The quantitative estimate of drug-likeness (QED) is 0.815. The lowest BCUT2D eigenvalue weighted by molar-refractivity contribution is -0.142. The van der Waals surface area contributed by atoms with Crippen LogP contribution in [0.15, 0.2) is 24.3 Å². The van der Waals surface area contributed by atoms with Gasteiger partial charge in [0.05, 0.1) is 12.5 Å². The van der Waals surface area contributed by atoms with Crippen molar-refractivity contribution in [1.29, 1.82) is 0 Å².